The molecule has 1 unspecified atom stereocenters. The molecule has 2 nitrogen and oxygen atoms in total. The average molecular weight is 614 g/mol. The van der Waals surface area contributed by atoms with Gasteiger partial charge < -0.3 is 9.64 Å². The molecule has 8 aromatic rings. The second-order valence-corrected chi connectivity index (χ2v) is 12.9. The van der Waals surface area contributed by atoms with Gasteiger partial charge in [0.1, 0.15) is 11.5 Å². The number of fused-ring (bicyclic) bond motifs is 12. The minimum absolute atomic E-state index is 0.559. The Morgan fingerprint density at radius 1 is 0.458 bits per heavy atom. The van der Waals surface area contributed by atoms with Crippen LogP contribution in [0.3, 0.4) is 0 Å². The Balaban J connectivity index is 1.30. The van der Waals surface area contributed by atoms with E-state index in [1.54, 1.807) is 0 Å². The van der Waals surface area contributed by atoms with Crippen LogP contribution in [0.5, 0.6) is 11.5 Å². The molecule has 1 aliphatic heterocycles. The maximum absolute atomic E-state index is 6.87. The van der Waals surface area contributed by atoms with Gasteiger partial charge in [-0.3, -0.25) is 0 Å². The van der Waals surface area contributed by atoms with Crippen molar-refractivity contribution in [2.75, 3.05) is 4.90 Å². The van der Waals surface area contributed by atoms with Crippen LogP contribution in [-0.2, 0) is 5.41 Å². The fourth-order valence-corrected chi connectivity index (χ4v) is 8.31. The molecule has 2 aliphatic rings. The van der Waals surface area contributed by atoms with Gasteiger partial charge in [0.15, 0.2) is 0 Å². The Bertz CT molecular complexity index is 2580. The number of ether oxygens (including phenoxy) is 1. The number of nitrogens with zero attached hydrogens (tertiary/aromatic N) is 1. The lowest BCUT2D eigenvalue weighted by molar-refractivity contribution is 0.441. The molecule has 1 heterocycles. The molecular formula is C46H31NO. The highest BCUT2D eigenvalue weighted by Gasteiger charge is 2.51. The molecule has 0 saturated carbocycles. The smallest absolute Gasteiger partial charge is 0.140 e. The number of hydrogen-bond donors (Lipinski definition) is 0. The van der Waals surface area contributed by atoms with Crippen LogP contribution in [0, 0.1) is 6.92 Å². The van der Waals surface area contributed by atoms with Crippen molar-refractivity contribution in [2.45, 2.75) is 12.3 Å². The predicted octanol–water partition coefficient (Wildman–Crippen LogP) is 12.2. The molecule has 8 aromatic carbocycles. The minimum atomic E-state index is -0.559. The van der Waals surface area contributed by atoms with Crippen LogP contribution in [0.1, 0.15) is 27.8 Å². The molecule has 0 N–H and O–H groups in total. The average Bonchev–Trinajstić information content (AvgIpc) is 3.42. The molecule has 10 rings (SSSR count). The molecule has 1 spiro atoms. The highest BCUT2D eigenvalue weighted by atomic mass is 16.5. The summed E-state index contributed by atoms with van der Waals surface area (Å²) in [6.07, 6.45) is 0. The van der Waals surface area contributed by atoms with Crippen molar-refractivity contribution in [3.63, 3.8) is 0 Å². The third-order valence-corrected chi connectivity index (χ3v) is 10.4. The van der Waals surface area contributed by atoms with E-state index in [2.05, 4.69) is 182 Å². The van der Waals surface area contributed by atoms with Gasteiger partial charge in [0, 0.05) is 33.6 Å². The number of hydrogen-bond acceptors (Lipinski definition) is 2. The van der Waals surface area contributed by atoms with E-state index in [4.69, 9.17) is 4.74 Å². The van der Waals surface area contributed by atoms with Crippen molar-refractivity contribution in [3.8, 4) is 22.6 Å². The van der Waals surface area contributed by atoms with E-state index in [-0.39, 0.29) is 0 Å². The van der Waals surface area contributed by atoms with Crippen molar-refractivity contribution < 1.29 is 4.74 Å². The third kappa shape index (κ3) is 3.69. The van der Waals surface area contributed by atoms with E-state index in [1.807, 2.05) is 0 Å². The molecule has 0 aromatic heterocycles. The zero-order valence-electron chi connectivity index (χ0n) is 26.5. The lowest BCUT2D eigenvalue weighted by atomic mass is 9.65. The molecule has 226 valence electrons. The fourth-order valence-electron chi connectivity index (χ4n) is 8.31. The van der Waals surface area contributed by atoms with E-state index in [1.165, 1.54) is 55.1 Å². The van der Waals surface area contributed by atoms with Crippen LogP contribution >= 0.6 is 0 Å². The van der Waals surface area contributed by atoms with Gasteiger partial charge in [0.2, 0.25) is 0 Å². The molecule has 0 amide bonds. The van der Waals surface area contributed by atoms with Gasteiger partial charge in [-0.15, -0.1) is 0 Å². The summed E-state index contributed by atoms with van der Waals surface area (Å²) in [5.74, 6) is 1.84. The van der Waals surface area contributed by atoms with E-state index < -0.39 is 5.41 Å². The Labute approximate surface area is 280 Å². The second kappa shape index (κ2) is 10.2. The fraction of sp³-hybridized carbons (Fsp3) is 0.0435. The SMILES string of the molecule is Cc1ccccc1N(c1ccc2c(c1)C1(c3ccccc3Oc3c1ccc1ccccc31)c1ccccc1-2)c1ccc2ccccc2c1. The lowest BCUT2D eigenvalue weighted by Crippen LogP contribution is -2.32. The molecule has 0 saturated heterocycles. The van der Waals surface area contributed by atoms with E-state index in [0.29, 0.717) is 0 Å². The maximum Gasteiger partial charge on any atom is 0.140 e. The van der Waals surface area contributed by atoms with Crippen molar-refractivity contribution >= 4 is 38.6 Å². The first-order valence-electron chi connectivity index (χ1n) is 16.6. The van der Waals surface area contributed by atoms with Gasteiger partial charge in [-0.1, -0.05) is 133 Å². The van der Waals surface area contributed by atoms with Crippen LogP contribution < -0.4 is 9.64 Å². The van der Waals surface area contributed by atoms with Gasteiger partial charge in [-0.25, -0.2) is 0 Å². The first-order chi connectivity index (χ1) is 23.7. The summed E-state index contributed by atoms with van der Waals surface area (Å²) in [5, 5.41) is 4.76. The first-order valence-corrected chi connectivity index (χ1v) is 16.6. The molecule has 1 aliphatic carbocycles. The van der Waals surface area contributed by atoms with Crippen molar-refractivity contribution in [2.24, 2.45) is 0 Å². The van der Waals surface area contributed by atoms with Crippen LogP contribution in [0.2, 0.25) is 0 Å². The quantitative estimate of drug-likeness (QED) is 0.197. The number of benzene rings is 8. The maximum atomic E-state index is 6.87. The van der Waals surface area contributed by atoms with Crippen LogP contribution in [-0.4, -0.2) is 0 Å². The Hall–Kier alpha value is -6.12. The highest BCUT2D eigenvalue weighted by molar-refractivity contribution is 5.97. The van der Waals surface area contributed by atoms with Gasteiger partial charge in [-0.2, -0.15) is 0 Å². The Kier molecular flexibility index (Phi) is 5.74. The molecule has 0 fully saturated rings. The Morgan fingerprint density at radius 2 is 1.10 bits per heavy atom. The van der Waals surface area contributed by atoms with Gasteiger partial charge in [0.05, 0.1) is 5.41 Å². The summed E-state index contributed by atoms with van der Waals surface area (Å²) in [6.45, 7) is 2.20. The van der Waals surface area contributed by atoms with Crippen molar-refractivity contribution in [1.29, 1.82) is 0 Å². The summed E-state index contributed by atoms with van der Waals surface area (Å²) in [5.41, 5.74) is 11.5. The molecule has 1 atom stereocenters. The van der Waals surface area contributed by atoms with Gasteiger partial charge >= 0.3 is 0 Å². The number of rotatable bonds is 3. The molecule has 0 radical (unpaired) electrons. The summed E-state index contributed by atoms with van der Waals surface area (Å²) < 4.78 is 6.87. The van der Waals surface area contributed by atoms with Crippen LogP contribution in [0.4, 0.5) is 17.1 Å². The summed E-state index contributed by atoms with van der Waals surface area (Å²) in [6, 6.07) is 61.8. The van der Waals surface area contributed by atoms with E-state index in [0.717, 1.165) is 33.9 Å². The topological polar surface area (TPSA) is 12.5 Å². The molecule has 2 heteroatoms. The van der Waals surface area contributed by atoms with E-state index in [9.17, 15) is 0 Å². The highest BCUT2D eigenvalue weighted by Crippen LogP contribution is 2.63. The predicted molar refractivity (Wildman–Crippen MR) is 198 cm³/mol. The second-order valence-electron chi connectivity index (χ2n) is 12.9. The zero-order valence-corrected chi connectivity index (χ0v) is 26.5. The Morgan fingerprint density at radius 3 is 2.00 bits per heavy atom. The van der Waals surface area contributed by atoms with Gasteiger partial charge in [0.25, 0.3) is 0 Å². The zero-order chi connectivity index (χ0) is 31.8. The number of anilines is 3. The summed E-state index contributed by atoms with van der Waals surface area (Å²) in [7, 11) is 0. The van der Waals surface area contributed by atoms with Crippen molar-refractivity contribution in [1.82, 2.24) is 0 Å². The standard InChI is InChI=1S/C46H31NO/c1-30-12-2-10-20-43(30)47(34-24-22-31-13-3-4-15-33(31)28-34)35-25-26-38-37-17-7-8-18-39(37)46(42(38)29-35)40-19-9-11-21-44(40)48-45-36-16-6-5-14-32(36)23-27-41(45)46/h2-29H,1H3. The van der Waals surface area contributed by atoms with E-state index >= 15 is 0 Å². The minimum Gasteiger partial charge on any atom is -0.456 e. The summed E-state index contributed by atoms with van der Waals surface area (Å²) >= 11 is 0. The molecular weight excluding hydrogens is 583 g/mol. The largest absolute Gasteiger partial charge is 0.456 e. The van der Waals surface area contributed by atoms with Gasteiger partial charge in [-0.05, 0) is 87.3 Å². The first kappa shape index (κ1) is 27.0. The monoisotopic (exact) mass is 613 g/mol. The number of para-hydroxylation sites is 2. The van der Waals surface area contributed by atoms with Crippen LogP contribution in [0.15, 0.2) is 170 Å². The van der Waals surface area contributed by atoms with Crippen molar-refractivity contribution in [3.05, 3.63) is 198 Å². The molecule has 48 heavy (non-hydrogen) atoms. The number of aryl methyl sites for hydroxylation is 1. The third-order valence-electron chi connectivity index (χ3n) is 10.4. The normalized spacial score (nSPS) is 15.4. The lowest BCUT2D eigenvalue weighted by Gasteiger charge is -2.40. The van der Waals surface area contributed by atoms with Crippen LogP contribution in [0.25, 0.3) is 32.7 Å². The molecule has 0 bridgehead atoms. The summed E-state index contributed by atoms with van der Waals surface area (Å²) in [4.78, 5) is 2.42.